The minimum atomic E-state index is -0.233. The number of amides is 1. The molecule has 0 unspecified atom stereocenters. The van der Waals surface area contributed by atoms with Crippen molar-refractivity contribution in [3.05, 3.63) is 72.9 Å². The number of carbonyl (C=O) groups excluding carboxylic acids is 1. The van der Waals surface area contributed by atoms with E-state index in [4.69, 9.17) is 0 Å². The van der Waals surface area contributed by atoms with E-state index in [1.165, 1.54) is 0 Å². The number of rotatable bonds is 3. The SMILES string of the molecule is O=C(Nc1ccc2c(-c3ccc4nccn4n3)c[nH]c2n1)c1ccncc1. The Labute approximate surface area is 152 Å². The van der Waals surface area contributed by atoms with Crippen molar-refractivity contribution in [3.8, 4) is 11.3 Å². The van der Waals surface area contributed by atoms with E-state index < -0.39 is 0 Å². The van der Waals surface area contributed by atoms with Gasteiger partial charge >= 0.3 is 0 Å². The molecule has 130 valence electrons. The molecule has 5 rings (SSSR count). The Morgan fingerprint density at radius 1 is 1.04 bits per heavy atom. The molecule has 0 fully saturated rings. The highest BCUT2D eigenvalue weighted by molar-refractivity contribution is 6.04. The van der Waals surface area contributed by atoms with E-state index in [1.54, 1.807) is 47.5 Å². The first-order chi connectivity index (χ1) is 13.3. The van der Waals surface area contributed by atoms with Crippen LogP contribution < -0.4 is 5.32 Å². The maximum atomic E-state index is 12.3. The number of pyridine rings is 2. The predicted octanol–water partition coefficient (Wildman–Crippen LogP) is 2.92. The summed E-state index contributed by atoms with van der Waals surface area (Å²) in [6.07, 6.45) is 8.52. The number of carbonyl (C=O) groups is 1. The Morgan fingerprint density at radius 3 is 2.81 bits per heavy atom. The smallest absolute Gasteiger partial charge is 0.256 e. The predicted molar refractivity (Wildman–Crippen MR) is 100 cm³/mol. The van der Waals surface area contributed by atoms with Crippen molar-refractivity contribution < 1.29 is 4.79 Å². The third kappa shape index (κ3) is 2.69. The monoisotopic (exact) mass is 355 g/mol. The van der Waals surface area contributed by atoms with Crippen molar-refractivity contribution in [1.82, 2.24) is 29.5 Å². The van der Waals surface area contributed by atoms with Crippen molar-refractivity contribution in [2.45, 2.75) is 0 Å². The second-order valence-corrected chi connectivity index (χ2v) is 5.93. The molecule has 8 nitrogen and oxygen atoms in total. The molecule has 8 heteroatoms. The average molecular weight is 355 g/mol. The van der Waals surface area contributed by atoms with Crippen LogP contribution >= 0.6 is 0 Å². The van der Waals surface area contributed by atoms with E-state index in [9.17, 15) is 4.79 Å². The number of hydrogen-bond donors (Lipinski definition) is 2. The largest absolute Gasteiger partial charge is 0.345 e. The molecule has 0 aromatic carbocycles. The van der Waals surface area contributed by atoms with Crippen LogP contribution in [0.15, 0.2) is 67.4 Å². The fourth-order valence-corrected chi connectivity index (χ4v) is 2.94. The van der Waals surface area contributed by atoms with Gasteiger partial charge in [-0.25, -0.2) is 14.5 Å². The summed E-state index contributed by atoms with van der Waals surface area (Å²) in [7, 11) is 0. The van der Waals surface area contributed by atoms with Crippen LogP contribution in [0.1, 0.15) is 10.4 Å². The van der Waals surface area contributed by atoms with Crippen LogP contribution in [0, 0.1) is 0 Å². The number of imidazole rings is 1. The molecule has 0 aliphatic rings. The van der Waals surface area contributed by atoms with Crippen molar-refractivity contribution in [3.63, 3.8) is 0 Å². The topological polar surface area (TPSA) is 101 Å². The molecule has 2 N–H and O–H groups in total. The lowest BCUT2D eigenvalue weighted by molar-refractivity contribution is 0.102. The summed E-state index contributed by atoms with van der Waals surface area (Å²) in [5, 5.41) is 8.28. The number of H-pyrrole nitrogens is 1. The van der Waals surface area contributed by atoms with E-state index in [-0.39, 0.29) is 5.91 Å². The molecule has 5 aromatic rings. The first kappa shape index (κ1) is 15.2. The summed E-state index contributed by atoms with van der Waals surface area (Å²) in [6, 6.07) is 10.8. The molecule has 0 saturated heterocycles. The summed E-state index contributed by atoms with van der Waals surface area (Å²) in [5.41, 5.74) is 3.72. The van der Waals surface area contributed by atoms with E-state index in [0.29, 0.717) is 17.0 Å². The Morgan fingerprint density at radius 2 is 1.93 bits per heavy atom. The lowest BCUT2D eigenvalue weighted by Crippen LogP contribution is -2.12. The van der Waals surface area contributed by atoms with E-state index >= 15 is 0 Å². The number of nitrogens with one attached hydrogen (secondary N) is 2. The van der Waals surface area contributed by atoms with Crippen molar-refractivity contribution >= 4 is 28.4 Å². The zero-order chi connectivity index (χ0) is 18.2. The van der Waals surface area contributed by atoms with Gasteiger partial charge in [0.15, 0.2) is 5.65 Å². The maximum absolute atomic E-state index is 12.3. The quantitative estimate of drug-likeness (QED) is 0.518. The summed E-state index contributed by atoms with van der Waals surface area (Å²) in [5.74, 6) is 0.235. The fraction of sp³-hybridized carbons (Fsp3) is 0. The minimum absolute atomic E-state index is 0.233. The normalized spacial score (nSPS) is 11.1. The van der Waals surface area contributed by atoms with Gasteiger partial charge in [0.1, 0.15) is 11.5 Å². The highest BCUT2D eigenvalue weighted by atomic mass is 16.1. The second kappa shape index (κ2) is 6.03. The Kier molecular flexibility index (Phi) is 3.39. The molecular weight excluding hydrogens is 342 g/mol. The van der Waals surface area contributed by atoms with Gasteiger partial charge in [0.05, 0.1) is 5.69 Å². The minimum Gasteiger partial charge on any atom is -0.345 e. The summed E-state index contributed by atoms with van der Waals surface area (Å²) >= 11 is 0. The summed E-state index contributed by atoms with van der Waals surface area (Å²) in [4.78, 5) is 28.0. The summed E-state index contributed by atoms with van der Waals surface area (Å²) in [6.45, 7) is 0. The fourth-order valence-electron chi connectivity index (χ4n) is 2.94. The molecule has 0 saturated carbocycles. The molecule has 5 aromatic heterocycles. The van der Waals surface area contributed by atoms with Gasteiger partial charge in [0.2, 0.25) is 0 Å². The van der Waals surface area contributed by atoms with Crippen molar-refractivity contribution in [1.29, 1.82) is 0 Å². The average Bonchev–Trinajstić information content (AvgIpc) is 3.34. The van der Waals surface area contributed by atoms with Gasteiger partial charge in [-0.15, -0.1) is 0 Å². The van der Waals surface area contributed by atoms with Crippen LogP contribution in [0.5, 0.6) is 0 Å². The molecule has 1 amide bonds. The first-order valence-electron chi connectivity index (χ1n) is 8.28. The zero-order valence-electron chi connectivity index (χ0n) is 14.0. The zero-order valence-corrected chi connectivity index (χ0v) is 14.0. The Balaban J connectivity index is 1.48. The standard InChI is InChI=1S/C19H13N7O/c27-19(12-5-7-20-8-6-12)24-16-3-1-13-14(11-22-18(13)23-16)15-2-4-17-21-9-10-26(17)25-15/h1-11H,(H2,22,23,24,27). The molecule has 0 aliphatic carbocycles. The third-order valence-corrected chi connectivity index (χ3v) is 4.25. The Hall–Kier alpha value is -4.07. The van der Waals surface area contributed by atoms with Gasteiger partial charge in [-0.05, 0) is 36.4 Å². The molecule has 0 radical (unpaired) electrons. The molecule has 0 bridgehead atoms. The van der Waals surface area contributed by atoms with Crippen LogP contribution in [-0.2, 0) is 0 Å². The highest BCUT2D eigenvalue weighted by Gasteiger charge is 2.12. The molecule has 5 heterocycles. The van der Waals surface area contributed by atoms with Crippen LogP contribution in [0.25, 0.3) is 27.9 Å². The lowest BCUT2D eigenvalue weighted by Gasteiger charge is -2.05. The van der Waals surface area contributed by atoms with Gasteiger partial charge in [0, 0.05) is 47.5 Å². The van der Waals surface area contributed by atoms with Crippen LogP contribution in [0.2, 0.25) is 0 Å². The van der Waals surface area contributed by atoms with E-state index in [0.717, 1.165) is 22.3 Å². The molecular formula is C19H13N7O. The number of nitrogens with zero attached hydrogens (tertiary/aromatic N) is 5. The lowest BCUT2D eigenvalue weighted by atomic mass is 10.1. The van der Waals surface area contributed by atoms with E-state index in [2.05, 4.69) is 30.4 Å². The Bertz CT molecular complexity index is 1270. The van der Waals surface area contributed by atoms with Crippen LogP contribution in [-0.4, -0.2) is 35.5 Å². The summed E-state index contributed by atoms with van der Waals surface area (Å²) < 4.78 is 1.73. The number of anilines is 1. The number of fused-ring (bicyclic) bond motifs is 2. The van der Waals surface area contributed by atoms with Gasteiger partial charge < -0.3 is 10.3 Å². The number of aromatic nitrogens is 6. The van der Waals surface area contributed by atoms with Crippen molar-refractivity contribution in [2.24, 2.45) is 0 Å². The number of aromatic amines is 1. The van der Waals surface area contributed by atoms with Crippen LogP contribution in [0.4, 0.5) is 5.82 Å². The molecule has 0 atom stereocenters. The second-order valence-electron chi connectivity index (χ2n) is 5.93. The van der Waals surface area contributed by atoms with Crippen LogP contribution in [0.3, 0.4) is 0 Å². The third-order valence-electron chi connectivity index (χ3n) is 4.25. The first-order valence-corrected chi connectivity index (χ1v) is 8.28. The van der Waals surface area contributed by atoms with Gasteiger partial charge in [0.25, 0.3) is 5.91 Å². The highest BCUT2D eigenvalue weighted by Crippen LogP contribution is 2.27. The van der Waals surface area contributed by atoms with E-state index in [1.807, 2.05) is 24.4 Å². The van der Waals surface area contributed by atoms with Gasteiger partial charge in [-0.1, -0.05) is 0 Å². The molecule has 27 heavy (non-hydrogen) atoms. The molecule has 0 spiro atoms. The van der Waals surface area contributed by atoms with Crippen molar-refractivity contribution in [2.75, 3.05) is 5.32 Å². The molecule has 0 aliphatic heterocycles. The van der Waals surface area contributed by atoms with Gasteiger partial charge in [-0.2, -0.15) is 5.10 Å². The number of hydrogen-bond acceptors (Lipinski definition) is 5. The van der Waals surface area contributed by atoms with Gasteiger partial charge in [-0.3, -0.25) is 9.78 Å². The maximum Gasteiger partial charge on any atom is 0.256 e.